The van der Waals surface area contributed by atoms with Crippen molar-refractivity contribution in [3.05, 3.63) is 45.1 Å². The van der Waals surface area contributed by atoms with E-state index in [1.807, 2.05) is 0 Å². The second-order valence-electron chi connectivity index (χ2n) is 4.30. The number of thiophene rings is 1. The Hall–Kier alpha value is -1.22. The Morgan fingerprint density at radius 1 is 1.29 bits per heavy atom. The van der Waals surface area contributed by atoms with Crippen LogP contribution in [0.4, 0.5) is 14.5 Å². The minimum Gasteiger partial charge on any atom is -0.399 e. The van der Waals surface area contributed by atoms with Crippen LogP contribution in [0.5, 0.6) is 0 Å². The summed E-state index contributed by atoms with van der Waals surface area (Å²) in [6.45, 7) is 1.55. The number of nitrogens with one attached hydrogen (secondary N) is 1. The summed E-state index contributed by atoms with van der Waals surface area (Å²) in [5.41, 5.74) is 5.07. The maximum absolute atomic E-state index is 13.7. The number of rotatable bonds is 4. The molecule has 0 saturated heterocycles. The average Bonchev–Trinajstić information content (AvgIpc) is 2.73. The Morgan fingerprint density at radius 2 is 1.86 bits per heavy atom. The summed E-state index contributed by atoms with van der Waals surface area (Å²) in [6.07, 6.45) is 0. The van der Waals surface area contributed by atoms with Gasteiger partial charge < -0.3 is 5.73 Å². The molecule has 0 fully saturated rings. The van der Waals surface area contributed by atoms with Gasteiger partial charge in [-0.2, -0.15) is 0 Å². The van der Waals surface area contributed by atoms with E-state index in [0.717, 1.165) is 12.1 Å². The molecule has 1 unspecified atom stereocenters. The average molecular weight is 353 g/mol. The first-order valence-corrected chi connectivity index (χ1v) is 8.40. The van der Waals surface area contributed by atoms with Crippen LogP contribution in [0.25, 0.3) is 0 Å². The summed E-state index contributed by atoms with van der Waals surface area (Å²) < 4.78 is 54.3. The summed E-state index contributed by atoms with van der Waals surface area (Å²) in [6, 6.07) is 4.07. The maximum Gasteiger partial charge on any atom is 0.247 e. The van der Waals surface area contributed by atoms with E-state index in [1.54, 1.807) is 19.1 Å². The first kappa shape index (κ1) is 16.2. The van der Waals surface area contributed by atoms with Gasteiger partial charge in [0.05, 0.1) is 10.4 Å². The molecule has 1 aromatic heterocycles. The lowest BCUT2D eigenvalue weighted by molar-refractivity contribution is 0.510. The van der Waals surface area contributed by atoms with Gasteiger partial charge in [-0.25, -0.2) is 21.9 Å². The van der Waals surface area contributed by atoms with Crippen LogP contribution in [-0.2, 0) is 10.0 Å². The highest BCUT2D eigenvalue weighted by atomic mass is 35.5. The highest BCUT2D eigenvalue weighted by Gasteiger charge is 2.27. The molecule has 4 nitrogen and oxygen atoms in total. The maximum atomic E-state index is 13.7. The van der Waals surface area contributed by atoms with E-state index in [0.29, 0.717) is 9.21 Å². The number of halogens is 3. The normalized spacial score (nSPS) is 13.3. The molecule has 2 aromatic rings. The second-order valence-corrected chi connectivity index (χ2v) is 7.70. The van der Waals surface area contributed by atoms with Gasteiger partial charge >= 0.3 is 0 Å². The molecule has 0 aliphatic carbocycles. The van der Waals surface area contributed by atoms with E-state index in [2.05, 4.69) is 4.72 Å². The molecule has 0 radical (unpaired) electrons. The van der Waals surface area contributed by atoms with Crippen molar-refractivity contribution in [1.82, 2.24) is 4.72 Å². The van der Waals surface area contributed by atoms with Crippen molar-refractivity contribution in [3.63, 3.8) is 0 Å². The molecule has 114 valence electrons. The summed E-state index contributed by atoms with van der Waals surface area (Å²) in [7, 11) is -4.37. The van der Waals surface area contributed by atoms with Crippen LogP contribution in [0.1, 0.15) is 17.8 Å². The molecule has 0 spiro atoms. The van der Waals surface area contributed by atoms with Crippen molar-refractivity contribution in [3.8, 4) is 0 Å². The smallest absolute Gasteiger partial charge is 0.247 e. The zero-order chi connectivity index (χ0) is 15.8. The van der Waals surface area contributed by atoms with E-state index in [4.69, 9.17) is 17.3 Å². The molecule has 0 aliphatic heterocycles. The third kappa shape index (κ3) is 3.52. The first-order chi connectivity index (χ1) is 9.70. The fourth-order valence-electron chi connectivity index (χ4n) is 1.75. The molecule has 1 atom stereocenters. The number of hydrogen-bond donors (Lipinski definition) is 2. The standard InChI is InChI=1S/C12H11ClF2N2O2S2/c1-6(10-2-3-11(13)20-10)17-21(18,19)12-8(14)4-7(16)5-9(12)15/h2-6,17H,16H2,1H3. The second kappa shape index (κ2) is 5.88. The first-order valence-electron chi connectivity index (χ1n) is 5.73. The van der Waals surface area contributed by atoms with Gasteiger partial charge in [-0.3, -0.25) is 0 Å². The van der Waals surface area contributed by atoms with Crippen molar-refractivity contribution in [2.75, 3.05) is 5.73 Å². The van der Waals surface area contributed by atoms with Crippen molar-refractivity contribution in [1.29, 1.82) is 0 Å². The minimum absolute atomic E-state index is 0.193. The SMILES string of the molecule is CC(NS(=O)(=O)c1c(F)cc(N)cc1F)c1ccc(Cl)s1. The van der Waals surface area contributed by atoms with Gasteiger partial charge in [0.2, 0.25) is 10.0 Å². The van der Waals surface area contributed by atoms with Crippen LogP contribution in [-0.4, -0.2) is 8.42 Å². The molecule has 9 heteroatoms. The monoisotopic (exact) mass is 352 g/mol. The Kier molecular flexibility index (Phi) is 4.52. The number of hydrogen-bond acceptors (Lipinski definition) is 4. The number of nitrogens with two attached hydrogens (primary N) is 1. The lowest BCUT2D eigenvalue weighted by atomic mass is 10.3. The van der Waals surface area contributed by atoms with Crippen LogP contribution in [0.3, 0.4) is 0 Å². The minimum atomic E-state index is -4.37. The Balaban J connectivity index is 2.35. The van der Waals surface area contributed by atoms with E-state index in [-0.39, 0.29) is 5.69 Å². The Labute approximate surface area is 129 Å². The van der Waals surface area contributed by atoms with Gasteiger partial charge in [-0.15, -0.1) is 11.3 Å². The highest BCUT2D eigenvalue weighted by molar-refractivity contribution is 7.89. The summed E-state index contributed by atoms with van der Waals surface area (Å²) in [5, 5.41) is 0. The number of nitrogen functional groups attached to an aromatic ring is 1. The van der Waals surface area contributed by atoms with Gasteiger partial charge in [0.25, 0.3) is 0 Å². The molecular formula is C12H11ClF2N2O2S2. The Bertz CT molecular complexity index is 754. The summed E-state index contributed by atoms with van der Waals surface area (Å²) >= 11 is 6.94. The van der Waals surface area contributed by atoms with Crippen LogP contribution in [0.15, 0.2) is 29.2 Å². The van der Waals surface area contributed by atoms with Gasteiger partial charge in [0.1, 0.15) is 11.6 Å². The zero-order valence-electron chi connectivity index (χ0n) is 10.7. The number of benzene rings is 1. The van der Waals surface area contributed by atoms with Crippen LogP contribution in [0, 0.1) is 11.6 Å². The highest BCUT2D eigenvalue weighted by Crippen LogP contribution is 2.29. The van der Waals surface area contributed by atoms with Crippen molar-refractivity contribution >= 4 is 38.6 Å². The third-order valence-corrected chi connectivity index (χ3v) is 5.65. The molecule has 0 saturated carbocycles. The molecular weight excluding hydrogens is 342 g/mol. The van der Waals surface area contributed by atoms with Gasteiger partial charge in [0, 0.05) is 10.6 Å². The van der Waals surface area contributed by atoms with E-state index < -0.39 is 32.6 Å². The Morgan fingerprint density at radius 3 is 2.33 bits per heavy atom. The molecule has 1 heterocycles. The van der Waals surface area contributed by atoms with E-state index >= 15 is 0 Å². The van der Waals surface area contributed by atoms with Crippen LogP contribution in [0.2, 0.25) is 4.34 Å². The topological polar surface area (TPSA) is 72.2 Å². The van der Waals surface area contributed by atoms with E-state index in [1.165, 1.54) is 11.3 Å². The molecule has 3 N–H and O–H groups in total. The molecule has 0 bridgehead atoms. The van der Waals surface area contributed by atoms with E-state index in [9.17, 15) is 17.2 Å². The quantitative estimate of drug-likeness (QED) is 0.829. The molecule has 0 amide bonds. The summed E-state index contributed by atoms with van der Waals surface area (Å²) in [4.78, 5) is -0.425. The van der Waals surface area contributed by atoms with Crippen LogP contribution >= 0.6 is 22.9 Å². The van der Waals surface area contributed by atoms with Crippen molar-refractivity contribution < 1.29 is 17.2 Å². The molecule has 1 aromatic carbocycles. The van der Waals surface area contributed by atoms with Crippen molar-refractivity contribution in [2.45, 2.75) is 17.9 Å². The van der Waals surface area contributed by atoms with Gasteiger partial charge in [-0.1, -0.05) is 11.6 Å². The fraction of sp³-hybridized carbons (Fsp3) is 0.167. The van der Waals surface area contributed by atoms with Gasteiger partial charge in [-0.05, 0) is 31.2 Å². The lowest BCUT2D eigenvalue weighted by Gasteiger charge is -2.14. The predicted octanol–water partition coefficient (Wildman–Crippen LogP) is 3.30. The zero-order valence-corrected chi connectivity index (χ0v) is 13.1. The van der Waals surface area contributed by atoms with Gasteiger partial charge in [0.15, 0.2) is 4.90 Å². The van der Waals surface area contributed by atoms with Crippen LogP contribution < -0.4 is 10.5 Å². The fourth-order valence-corrected chi connectivity index (χ4v) is 4.23. The van der Waals surface area contributed by atoms with Crippen molar-refractivity contribution in [2.24, 2.45) is 0 Å². The number of sulfonamides is 1. The molecule has 2 rings (SSSR count). The largest absolute Gasteiger partial charge is 0.399 e. The summed E-state index contributed by atoms with van der Waals surface area (Å²) in [5.74, 6) is -2.48. The third-order valence-electron chi connectivity index (χ3n) is 2.64. The molecule has 21 heavy (non-hydrogen) atoms. The predicted molar refractivity (Wildman–Crippen MR) is 78.8 cm³/mol. The molecule has 0 aliphatic rings. The lowest BCUT2D eigenvalue weighted by Crippen LogP contribution is -2.28. The number of anilines is 1.